The Balaban J connectivity index is 1.42. The van der Waals surface area contributed by atoms with Gasteiger partial charge in [0.05, 0.1) is 26.3 Å². The number of likely N-dealkylation sites (N-methyl/N-ethyl adjacent to an activating group) is 1. The van der Waals surface area contributed by atoms with Crippen LogP contribution in [0.5, 0.6) is 0 Å². The summed E-state index contributed by atoms with van der Waals surface area (Å²) in [4.78, 5) is 38.5. The Morgan fingerprint density at radius 1 is 1.19 bits per heavy atom. The van der Waals surface area contributed by atoms with Crippen LogP contribution in [-0.4, -0.2) is 109 Å². The van der Waals surface area contributed by atoms with E-state index in [1.54, 1.807) is 7.05 Å². The summed E-state index contributed by atoms with van der Waals surface area (Å²) in [5, 5.41) is 0.695. The van der Waals surface area contributed by atoms with E-state index in [4.69, 9.17) is 21.3 Å². The highest BCUT2D eigenvalue weighted by Crippen LogP contribution is 2.29. The van der Waals surface area contributed by atoms with Gasteiger partial charge in [-0.2, -0.15) is 0 Å². The number of aryl methyl sites for hydroxylation is 1. The number of anilines is 1. The van der Waals surface area contributed by atoms with E-state index in [9.17, 15) is 9.59 Å². The summed E-state index contributed by atoms with van der Waals surface area (Å²) in [6.45, 7) is 7.50. The fourth-order valence-corrected chi connectivity index (χ4v) is 4.89. The van der Waals surface area contributed by atoms with Crippen molar-refractivity contribution in [2.75, 3.05) is 64.4 Å². The van der Waals surface area contributed by atoms with Gasteiger partial charge >= 0.3 is 12.0 Å². The van der Waals surface area contributed by atoms with Gasteiger partial charge in [0.1, 0.15) is 5.69 Å². The van der Waals surface area contributed by atoms with Gasteiger partial charge in [-0.25, -0.2) is 14.3 Å². The maximum Gasteiger partial charge on any atom is 0.397 e. The Bertz CT molecular complexity index is 1020. The van der Waals surface area contributed by atoms with E-state index in [0.717, 1.165) is 37.3 Å². The molecule has 5 rings (SSSR count). The number of hydrogen-bond donors (Lipinski definition) is 0. The molecule has 0 N–H and O–H groups in total. The van der Waals surface area contributed by atoms with Crippen LogP contribution in [0.25, 0.3) is 0 Å². The van der Waals surface area contributed by atoms with Crippen LogP contribution in [0.4, 0.5) is 10.5 Å². The van der Waals surface area contributed by atoms with Crippen LogP contribution in [0.1, 0.15) is 12.0 Å². The second kappa shape index (κ2) is 8.46. The predicted molar refractivity (Wildman–Crippen MR) is 122 cm³/mol. The Hall–Kier alpha value is -2.49. The second-order valence-electron chi connectivity index (χ2n) is 8.59. The highest BCUT2D eigenvalue weighted by Gasteiger charge is 2.54. The number of carbonyl (C=O) groups excluding carboxylic acids is 2. The maximum absolute atomic E-state index is 13.5. The van der Waals surface area contributed by atoms with Gasteiger partial charge in [-0.3, -0.25) is 19.5 Å². The Morgan fingerprint density at radius 3 is 2.72 bits per heavy atom. The minimum atomic E-state index is -0.568. The van der Waals surface area contributed by atoms with Crippen LogP contribution in [-0.2, 0) is 9.53 Å². The molecule has 0 aromatic heterocycles. The smallest absolute Gasteiger partial charge is 0.379 e. The molecule has 4 heterocycles. The lowest BCUT2D eigenvalue weighted by molar-refractivity contribution is -0.539. The molecule has 32 heavy (non-hydrogen) atoms. The normalized spacial score (nSPS) is 24.2. The largest absolute Gasteiger partial charge is 0.397 e. The molecule has 4 aliphatic rings. The van der Waals surface area contributed by atoms with Crippen molar-refractivity contribution in [3.63, 3.8) is 0 Å². The molecule has 3 amide bonds. The van der Waals surface area contributed by atoms with Crippen molar-refractivity contribution in [1.82, 2.24) is 14.7 Å². The molecule has 2 fully saturated rings. The molecule has 1 aromatic carbocycles. The minimum absolute atomic E-state index is 0.195. The van der Waals surface area contributed by atoms with Crippen molar-refractivity contribution in [3.05, 3.63) is 28.8 Å². The summed E-state index contributed by atoms with van der Waals surface area (Å²) in [6.07, 6.45) is 0.882. The molecule has 2 saturated heterocycles. The van der Waals surface area contributed by atoms with Crippen molar-refractivity contribution in [3.8, 4) is 0 Å². The van der Waals surface area contributed by atoms with Crippen LogP contribution < -0.4 is 4.90 Å². The van der Waals surface area contributed by atoms with E-state index in [1.165, 1.54) is 9.80 Å². The summed E-state index contributed by atoms with van der Waals surface area (Å²) in [5.74, 6) is 1.01. The minimum Gasteiger partial charge on any atom is -0.379 e. The lowest BCUT2D eigenvalue weighted by Gasteiger charge is -2.36. The number of amides is 3. The van der Waals surface area contributed by atoms with Gasteiger partial charge in [0.15, 0.2) is 0 Å². The van der Waals surface area contributed by atoms with Crippen LogP contribution >= 0.6 is 11.6 Å². The number of urea groups is 1. The Kier molecular flexibility index (Phi) is 5.65. The number of hydrogen-bond acceptors (Lipinski definition) is 6. The molecule has 0 aliphatic carbocycles. The molecule has 170 valence electrons. The first-order valence-corrected chi connectivity index (χ1v) is 11.5. The van der Waals surface area contributed by atoms with Crippen molar-refractivity contribution in [2.24, 2.45) is 4.99 Å². The monoisotopic (exact) mass is 459 g/mol. The molecule has 10 heteroatoms. The standard InChI is InChI=1S/C22H28ClN6O3/c1-15-4-5-16(14-17(15)23)27-6-3-7-28-18-19(24-21(27)28)25(2)22(31)29(20(18)30)9-8-26-10-12-32-13-11-26/h4-5,14,18H,3,6-13H2,1-2H3/q+1. The summed E-state index contributed by atoms with van der Waals surface area (Å²) < 4.78 is 7.42. The highest BCUT2D eigenvalue weighted by molar-refractivity contribution is 6.31. The van der Waals surface area contributed by atoms with Gasteiger partial charge in [0, 0.05) is 44.7 Å². The summed E-state index contributed by atoms with van der Waals surface area (Å²) in [5.41, 5.74) is 1.95. The number of halogens is 1. The number of aliphatic imine (C=N–C) groups is 1. The predicted octanol–water partition coefficient (Wildman–Crippen LogP) is 1.23. The van der Waals surface area contributed by atoms with Crippen molar-refractivity contribution in [1.29, 1.82) is 0 Å². The summed E-state index contributed by atoms with van der Waals surface area (Å²) in [7, 11) is 1.70. The average Bonchev–Trinajstić information content (AvgIpc) is 3.20. The van der Waals surface area contributed by atoms with E-state index in [1.807, 2.05) is 29.7 Å². The number of benzene rings is 1. The molecular weight excluding hydrogens is 432 g/mol. The first-order chi connectivity index (χ1) is 15.5. The molecular formula is C22H28ClN6O3+. The van der Waals surface area contributed by atoms with E-state index in [2.05, 4.69) is 9.80 Å². The number of ether oxygens (including phenoxy) is 1. The molecule has 1 unspecified atom stereocenters. The molecule has 0 spiro atoms. The van der Waals surface area contributed by atoms with E-state index in [-0.39, 0.29) is 11.9 Å². The third-order valence-corrected chi connectivity index (χ3v) is 7.03. The Labute approximate surface area is 192 Å². The van der Waals surface area contributed by atoms with Gasteiger partial charge in [0.25, 0.3) is 5.91 Å². The van der Waals surface area contributed by atoms with Gasteiger partial charge in [-0.1, -0.05) is 22.7 Å². The van der Waals surface area contributed by atoms with E-state index >= 15 is 0 Å². The van der Waals surface area contributed by atoms with Crippen molar-refractivity contribution in [2.45, 2.75) is 19.4 Å². The molecule has 9 nitrogen and oxygen atoms in total. The molecule has 0 saturated carbocycles. The lowest BCUT2D eigenvalue weighted by Crippen LogP contribution is -2.64. The number of morpholine rings is 1. The molecule has 1 atom stereocenters. The van der Waals surface area contributed by atoms with Gasteiger partial charge < -0.3 is 4.74 Å². The third-order valence-electron chi connectivity index (χ3n) is 6.62. The third kappa shape index (κ3) is 3.58. The average molecular weight is 460 g/mol. The van der Waals surface area contributed by atoms with E-state index < -0.39 is 6.04 Å². The van der Waals surface area contributed by atoms with Crippen LogP contribution in [0.3, 0.4) is 0 Å². The van der Waals surface area contributed by atoms with Crippen molar-refractivity contribution >= 4 is 41.0 Å². The van der Waals surface area contributed by atoms with Gasteiger partial charge in [-0.15, -0.1) is 0 Å². The molecule has 0 radical (unpaired) electrons. The zero-order valence-electron chi connectivity index (χ0n) is 18.5. The van der Waals surface area contributed by atoms with Crippen LogP contribution in [0, 0.1) is 6.92 Å². The van der Waals surface area contributed by atoms with E-state index in [0.29, 0.717) is 49.7 Å². The number of amidine groups is 1. The molecule has 1 aromatic rings. The molecule has 0 bridgehead atoms. The zero-order valence-corrected chi connectivity index (χ0v) is 19.2. The lowest BCUT2D eigenvalue weighted by atomic mass is 10.1. The van der Waals surface area contributed by atoms with Gasteiger partial charge in [0.2, 0.25) is 11.9 Å². The van der Waals surface area contributed by atoms with Crippen LogP contribution in [0.2, 0.25) is 5.02 Å². The fourth-order valence-electron chi connectivity index (χ4n) is 4.72. The van der Waals surface area contributed by atoms with Gasteiger partial charge in [-0.05, 0) is 24.6 Å². The Morgan fingerprint density at radius 2 is 1.97 bits per heavy atom. The quantitative estimate of drug-likeness (QED) is 0.633. The second-order valence-corrected chi connectivity index (χ2v) is 9.00. The summed E-state index contributed by atoms with van der Waals surface area (Å²) >= 11 is 6.37. The number of imide groups is 1. The SMILES string of the molecule is Cc1ccc(N2CCC[N+]3=C2N=C2C3C(=O)N(CCN3CCOCC3)C(=O)N2C)cc1Cl. The summed E-state index contributed by atoms with van der Waals surface area (Å²) in [6, 6.07) is 5.05. The van der Waals surface area contributed by atoms with Crippen LogP contribution in [0.15, 0.2) is 23.2 Å². The number of carbonyl (C=O) groups is 2. The number of nitrogens with zero attached hydrogens (tertiary/aromatic N) is 6. The first-order valence-electron chi connectivity index (χ1n) is 11.1. The number of guanidine groups is 1. The fraction of sp³-hybridized carbons (Fsp3) is 0.545. The number of fused-ring (bicyclic) bond motifs is 2. The highest BCUT2D eigenvalue weighted by atomic mass is 35.5. The first kappa shape index (κ1) is 21.4. The topological polar surface area (TPSA) is 71.7 Å². The van der Waals surface area contributed by atoms with Crippen molar-refractivity contribution < 1.29 is 18.9 Å². The molecule has 4 aliphatic heterocycles. The number of rotatable bonds is 4. The maximum atomic E-state index is 13.5. The zero-order chi connectivity index (χ0) is 22.4.